The molecular weight excluding hydrogens is 474 g/mol. The van der Waals surface area contributed by atoms with Crippen LogP contribution in [0, 0.1) is 0 Å². The van der Waals surface area contributed by atoms with Crippen LogP contribution in [0.1, 0.15) is 31.0 Å². The van der Waals surface area contributed by atoms with Crippen molar-refractivity contribution in [2.45, 2.75) is 19.9 Å². The van der Waals surface area contributed by atoms with Gasteiger partial charge in [0.15, 0.2) is 11.5 Å². The molecule has 1 aliphatic rings. The summed E-state index contributed by atoms with van der Waals surface area (Å²) in [5.41, 5.74) is 1.36. The Morgan fingerprint density at radius 3 is 2.16 bits per heavy atom. The zero-order chi connectivity index (χ0) is 26.5. The molecule has 4 rings (SSSR count). The minimum absolute atomic E-state index is 0.0387. The fourth-order valence-corrected chi connectivity index (χ4v) is 4.36. The Balaban J connectivity index is 1.91. The van der Waals surface area contributed by atoms with Gasteiger partial charge in [0.25, 0.3) is 11.7 Å². The largest absolute Gasteiger partial charge is 0.507 e. The second-order valence-electron chi connectivity index (χ2n) is 8.17. The van der Waals surface area contributed by atoms with E-state index in [1.165, 1.54) is 19.1 Å². The topological polar surface area (TPSA) is 94.5 Å². The summed E-state index contributed by atoms with van der Waals surface area (Å²) in [7, 11) is 3.03. The number of Topliss-reactive ketones (excluding diaryl/α,β-unsaturated/α-hetero) is 1. The predicted molar refractivity (Wildman–Crippen MR) is 140 cm³/mol. The van der Waals surface area contributed by atoms with Gasteiger partial charge in [0.1, 0.15) is 17.3 Å². The number of anilines is 1. The number of aliphatic hydroxyl groups is 1. The van der Waals surface area contributed by atoms with E-state index in [0.29, 0.717) is 53.0 Å². The highest BCUT2D eigenvalue weighted by molar-refractivity contribution is 6.51. The van der Waals surface area contributed by atoms with E-state index >= 15 is 0 Å². The molecule has 3 aromatic carbocycles. The number of hydrogen-bond donors (Lipinski definition) is 1. The molecule has 1 saturated heterocycles. The first kappa shape index (κ1) is 25.6. The van der Waals surface area contributed by atoms with Crippen molar-refractivity contribution in [2.24, 2.45) is 0 Å². The molecule has 1 fully saturated rings. The van der Waals surface area contributed by atoms with Crippen LogP contribution in [0.25, 0.3) is 5.76 Å². The summed E-state index contributed by atoms with van der Waals surface area (Å²) < 4.78 is 21.9. The molecule has 192 valence electrons. The SMILES string of the molecule is CCOc1ccc(/C(O)=C2/C(=O)C(=O)N(c3cccc(OCC)c3)C2c2ccc(OC)c(OC)c2)cc1. The molecule has 1 heterocycles. The number of carbonyl (C=O) groups is 2. The maximum Gasteiger partial charge on any atom is 0.300 e. The Morgan fingerprint density at radius 2 is 1.51 bits per heavy atom. The smallest absolute Gasteiger partial charge is 0.300 e. The number of ketones is 1. The maximum atomic E-state index is 13.4. The lowest BCUT2D eigenvalue weighted by Gasteiger charge is -2.26. The van der Waals surface area contributed by atoms with E-state index in [2.05, 4.69) is 0 Å². The monoisotopic (exact) mass is 503 g/mol. The summed E-state index contributed by atoms with van der Waals surface area (Å²) in [4.78, 5) is 28.2. The average Bonchev–Trinajstić information content (AvgIpc) is 3.19. The van der Waals surface area contributed by atoms with Crippen LogP contribution in [-0.2, 0) is 9.59 Å². The summed E-state index contributed by atoms with van der Waals surface area (Å²) in [5, 5.41) is 11.4. The zero-order valence-corrected chi connectivity index (χ0v) is 21.2. The van der Waals surface area contributed by atoms with Crippen LogP contribution in [0.3, 0.4) is 0 Å². The number of aliphatic hydroxyl groups excluding tert-OH is 1. The summed E-state index contributed by atoms with van der Waals surface area (Å²) in [5.74, 6) is 0.254. The quantitative estimate of drug-likeness (QED) is 0.246. The first-order valence-corrected chi connectivity index (χ1v) is 11.9. The standard InChI is InChI=1S/C29H29NO7/c1-5-36-21-13-10-18(11-14-21)27(31)25-26(19-12-15-23(34-3)24(16-19)35-4)30(29(33)28(25)32)20-8-7-9-22(17-20)37-6-2/h7-17,26,31H,5-6H2,1-4H3/b27-25-. The van der Waals surface area contributed by atoms with Crippen molar-refractivity contribution in [3.05, 3.63) is 83.4 Å². The Labute approximate surface area is 215 Å². The molecular formula is C29H29NO7. The van der Waals surface area contributed by atoms with Crippen molar-refractivity contribution in [3.8, 4) is 23.0 Å². The molecule has 0 saturated carbocycles. The number of rotatable bonds is 9. The van der Waals surface area contributed by atoms with E-state index in [0.717, 1.165) is 0 Å². The molecule has 0 spiro atoms. The van der Waals surface area contributed by atoms with E-state index < -0.39 is 17.7 Å². The second-order valence-corrected chi connectivity index (χ2v) is 8.17. The van der Waals surface area contributed by atoms with E-state index in [-0.39, 0.29) is 11.3 Å². The van der Waals surface area contributed by atoms with Crippen LogP contribution < -0.4 is 23.8 Å². The van der Waals surface area contributed by atoms with Crippen LogP contribution in [0.5, 0.6) is 23.0 Å². The van der Waals surface area contributed by atoms with Crippen LogP contribution in [0.4, 0.5) is 5.69 Å². The van der Waals surface area contributed by atoms with Gasteiger partial charge in [0, 0.05) is 17.3 Å². The molecule has 8 nitrogen and oxygen atoms in total. The minimum Gasteiger partial charge on any atom is -0.507 e. The number of carbonyl (C=O) groups excluding carboxylic acids is 2. The number of ether oxygens (including phenoxy) is 4. The molecule has 37 heavy (non-hydrogen) atoms. The molecule has 0 bridgehead atoms. The van der Waals surface area contributed by atoms with E-state index in [1.807, 2.05) is 13.8 Å². The van der Waals surface area contributed by atoms with Gasteiger partial charge >= 0.3 is 0 Å². The zero-order valence-electron chi connectivity index (χ0n) is 21.2. The highest BCUT2D eigenvalue weighted by atomic mass is 16.5. The lowest BCUT2D eigenvalue weighted by molar-refractivity contribution is -0.132. The molecule has 0 radical (unpaired) electrons. The van der Waals surface area contributed by atoms with Crippen molar-refractivity contribution in [3.63, 3.8) is 0 Å². The van der Waals surface area contributed by atoms with Gasteiger partial charge < -0.3 is 24.1 Å². The van der Waals surface area contributed by atoms with Gasteiger partial charge in [0.05, 0.1) is 39.0 Å². The molecule has 1 unspecified atom stereocenters. The number of benzene rings is 3. The van der Waals surface area contributed by atoms with Crippen molar-refractivity contribution in [1.29, 1.82) is 0 Å². The van der Waals surface area contributed by atoms with Crippen LogP contribution in [0.15, 0.2) is 72.3 Å². The third-order valence-corrected chi connectivity index (χ3v) is 6.01. The molecule has 1 aliphatic heterocycles. The summed E-state index contributed by atoms with van der Waals surface area (Å²) in [6.07, 6.45) is 0. The molecule has 0 aliphatic carbocycles. The van der Waals surface area contributed by atoms with Gasteiger partial charge in [0.2, 0.25) is 0 Å². The first-order valence-electron chi connectivity index (χ1n) is 11.9. The third kappa shape index (κ3) is 4.95. The number of hydrogen-bond acceptors (Lipinski definition) is 7. The predicted octanol–water partition coefficient (Wildman–Crippen LogP) is 5.13. The Bertz CT molecular complexity index is 1330. The van der Waals surface area contributed by atoms with Gasteiger partial charge in [-0.15, -0.1) is 0 Å². The van der Waals surface area contributed by atoms with Crippen molar-refractivity contribution < 1.29 is 33.6 Å². The van der Waals surface area contributed by atoms with E-state index in [9.17, 15) is 14.7 Å². The highest BCUT2D eigenvalue weighted by Gasteiger charge is 2.47. The van der Waals surface area contributed by atoms with Gasteiger partial charge in [-0.3, -0.25) is 14.5 Å². The van der Waals surface area contributed by atoms with Crippen LogP contribution in [0.2, 0.25) is 0 Å². The van der Waals surface area contributed by atoms with Gasteiger partial charge in [-0.2, -0.15) is 0 Å². The normalized spacial score (nSPS) is 16.5. The van der Waals surface area contributed by atoms with Crippen molar-refractivity contribution in [2.75, 3.05) is 32.3 Å². The average molecular weight is 504 g/mol. The highest BCUT2D eigenvalue weighted by Crippen LogP contribution is 2.44. The van der Waals surface area contributed by atoms with Crippen molar-refractivity contribution in [1.82, 2.24) is 0 Å². The summed E-state index contributed by atoms with van der Waals surface area (Å²) in [6.45, 7) is 4.67. The molecule has 3 aromatic rings. The molecule has 1 N–H and O–H groups in total. The maximum absolute atomic E-state index is 13.4. The first-order chi connectivity index (χ1) is 17.9. The molecule has 0 aromatic heterocycles. The summed E-state index contributed by atoms with van der Waals surface area (Å²) >= 11 is 0. The fourth-order valence-electron chi connectivity index (χ4n) is 4.36. The minimum atomic E-state index is -0.928. The van der Waals surface area contributed by atoms with E-state index in [1.54, 1.807) is 66.7 Å². The van der Waals surface area contributed by atoms with Crippen LogP contribution >= 0.6 is 0 Å². The molecule has 1 amide bonds. The Morgan fingerprint density at radius 1 is 0.838 bits per heavy atom. The lowest BCUT2D eigenvalue weighted by Crippen LogP contribution is -2.29. The van der Waals surface area contributed by atoms with Crippen LogP contribution in [-0.4, -0.2) is 44.2 Å². The third-order valence-electron chi connectivity index (χ3n) is 6.01. The summed E-state index contributed by atoms with van der Waals surface area (Å²) in [6, 6.07) is 17.8. The molecule has 1 atom stereocenters. The Kier molecular flexibility index (Phi) is 7.67. The van der Waals surface area contributed by atoms with Gasteiger partial charge in [-0.1, -0.05) is 12.1 Å². The van der Waals surface area contributed by atoms with Crippen molar-refractivity contribution >= 4 is 23.1 Å². The number of amides is 1. The number of nitrogens with zero attached hydrogens (tertiary/aromatic N) is 1. The van der Waals surface area contributed by atoms with Gasteiger partial charge in [-0.05, 0) is 67.9 Å². The van der Waals surface area contributed by atoms with Gasteiger partial charge in [-0.25, -0.2) is 0 Å². The second kappa shape index (κ2) is 11.1. The van der Waals surface area contributed by atoms with E-state index in [4.69, 9.17) is 18.9 Å². The fraction of sp³-hybridized carbons (Fsp3) is 0.241. The Hall–Kier alpha value is -4.46. The number of methoxy groups -OCH3 is 2. The molecule has 8 heteroatoms. The lowest BCUT2D eigenvalue weighted by atomic mass is 9.94.